The van der Waals surface area contributed by atoms with Gasteiger partial charge >= 0.3 is 5.97 Å². The molecule has 0 saturated heterocycles. The van der Waals surface area contributed by atoms with Gasteiger partial charge in [0, 0.05) is 13.0 Å². The highest BCUT2D eigenvalue weighted by molar-refractivity contribution is 7.45. The summed E-state index contributed by atoms with van der Waals surface area (Å²) in [6.45, 7) is 5.17. The van der Waals surface area contributed by atoms with Crippen LogP contribution >= 0.6 is 7.82 Å². The Balaban J connectivity index is 3.99. The lowest BCUT2D eigenvalue weighted by Crippen LogP contribution is -2.37. The van der Waals surface area contributed by atoms with E-state index in [0.717, 1.165) is 25.7 Å². The summed E-state index contributed by atoms with van der Waals surface area (Å²) >= 11 is 0. The van der Waals surface area contributed by atoms with Gasteiger partial charge in [-0.1, -0.05) is 110 Å². The van der Waals surface area contributed by atoms with Crippen LogP contribution in [0.2, 0.25) is 0 Å². The van der Waals surface area contributed by atoms with E-state index in [4.69, 9.17) is 18.5 Å². The van der Waals surface area contributed by atoms with Crippen molar-refractivity contribution in [2.75, 3.05) is 54.1 Å². The average Bonchev–Trinajstić information content (AvgIpc) is 2.86. The van der Waals surface area contributed by atoms with E-state index in [-0.39, 0.29) is 25.8 Å². The number of phosphoric acid groups is 1. The van der Waals surface area contributed by atoms with E-state index in [1.165, 1.54) is 83.5 Å². The largest absolute Gasteiger partial charge is 0.756 e. The zero-order valence-corrected chi connectivity index (χ0v) is 27.0. The minimum absolute atomic E-state index is 0.0287. The van der Waals surface area contributed by atoms with Gasteiger partial charge in [0.25, 0.3) is 7.82 Å². The zero-order valence-electron chi connectivity index (χ0n) is 26.1. The number of ether oxygens (including phenoxy) is 2. The molecule has 0 radical (unpaired) electrons. The monoisotopic (exact) mass is 579 g/mol. The first kappa shape index (κ1) is 38.5. The lowest BCUT2D eigenvalue weighted by atomic mass is 10.0. The minimum Gasteiger partial charge on any atom is -0.756 e. The highest BCUT2D eigenvalue weighted by atomic mass is 31.2. The average molecular weight is 580 g/mol. The molecule has 0 bridgehead atoms. The summed E-state index contributed by atoms with van der Waals surface area (Å²) in [4.78, 5) is 24.2. The van der Waals surface area contributed by atoms with Gasteiger partial charge in [-0.3, -0.25) is 9.36 Å². The van der Waals surface area contributed by atoms with E-state index in [9.17, 15) is 14.3 Å². The number of unbranched alkanes of at least 4 members (excludes halogenated alkanes) is 15. The van der Waals surface area contributed by atoms with E-state index in [0.29, 0.717) is 24.1 Å². The summed E-state index contributed by atoms with van der Waals surface area (Å²) in [5.41, 5.74) is 0. The van der Waals surface area contributed by atoms with Crippen LogP contribution in [0.25, 0.3) is 0 Å². The maximum Gasteiger partial charge on any atom is 0.306 e. The van der Waals surface area contributed by atoms with Crippen LogP contribution in [0.1, 0.15) is 129 Å². The molecular formula is C30H62NO7P. The van der Waals surface area contributed by atoms with E-state index in [1.54, 1.807) is 0 Å². The predicted octanol–water partition coefficient (Wildman–Crippen LogP) is 7.18. The quantitative estimate of drug-likeness (QED) is 0.0401. The minimum atomic E-state index is -4.48. The van der Waals surface area contributed by atoms with E-state index >= 15 is 0 Å². The Labute approximate surface area is 240 Å². The Morgan fingerprint density at radius 1 is 0.692 bits per heavy atom. The SMILES string of the molecule is CCCCCCCCCCCCCCCCCOCC(COP(=O)([O-])OCC[N+](C)(C)C)OC(=O)CCCC. The Morgan fingerprint density at radius 3 is 1.67 bits per heavy atom. The summed E-state index contributed by atoms with van der Waals surface area (Å²) in [5, 5.41) is 0. The number of carbonyl (C=O) groups excluding carboxylic acids is 1. The van der Waals surface area contributed by atoms with Crippen molar-refractivity contribution in [1.82, 2.24) is 0 Å². The van der Waals surface area contributed by atoms with Crippen molar-refractivity contribution >= 4 is 13.8 Å². The van der Waals surface area contributed by atoms with Crippen LogP contribution in [0.3, 0.4) is 0 Å². The third-order valence-corrected chi connectivity index (χ3v) is 7.62. The van der Waals surface area contributed by atoms with Crippen LogP contribution in [-0.2, 0) is 27.9 Å². The summed E-state index contributed by atoms with van der Waals surface area (Å²) < 4.78 is 33.8. The van der Waals surface area contributed by atoms with Gasteiger partial charge in [-0.25, -0.2) is 0 Å². The van der Waals surface area contributed by atoms with Gasteiger partial charge in [0.05, 0.1) is 34.4 Å². The molecule has 2 atom stereocenters. The Kier molecular flexibility index (Phi) is 24.9. The van der Waals surface area contributed by atoms with Crippen LogP contribution in [0.4, 0.5) is 0 Å². The normalized spacial score (nSPS) is 14.3. The highest BCUT2D eigenvalue weighted by Crippen LogP contribution is 2.38. The Bertz CT molecular complexity index is 613. The van der Waals surface area contributed by atoms with Crippen molar-refractivity contribution < 1.29 is 37.3 Å². The molecule has 0 aliphatic rings. The smallest absolute Gasteiger partial charge is 0.306 e. The molecule has 0 heterocycles. The van der Waals surface area contributed by atoms with Gasteiger partial charge in [-0.05, 0) is 12.8 Å². The molecule has 2 unspecified atom stereocenters. The number of esters is 1. The van der Waals surface area contributed by atoms with Crippen molar-refractivity contribution in [2.45, 2.75) is 136 Å². The first-order valence-corrected chi connectivity index (χ1v) is 17.2. The van der Waals surface area contributed by atoms with Gasteiger partial charge < -0.3 is 27.9 Å². The second-order valence-corrected chi connectivity index (χ2v) is 13.2. The van der Waals surface area contributed by atoms with Crippen molar-refractivity contribution in [2.24, 2.45) is 0 Å². The number of nitrogens with zero attached hydrogens (tertiary/aromatic N) is 1. The Morgan fingerprint density at radius 2 is 1.18 bits per heavy atom. The molecule has 0 rings (SSSR count). The van der Waals surface area contributed by atoms with Gasteiger partial charge in [-0.15, -0.1) is 0 Å². The molecule has 39 heavy (non-hydrogen) atoms. The fraction of sp³-hybridized carbons (Fsp3) is 0.967. The lowest BCUT2D eigenvalue weighted by Gasteiger charge is -2.28. The molecule has 0 aromatic heterocycles. The maximum absolute atomic E-state index is 12.1. The van der Waals surface area contributed by atoms with Gasteiger partial charge in [0.1, 0.15) is 19.3 Å². The molecular weight excluding hydrogens is 517 g/mol. The molecule has 9 heteroatoms. The van der Waals surface area contributed by atoms with Gasteiger partial charge in [0.2, 0.25) is 0 Å². The molecule has 0 aromatic rings. The molecule has 0 aromatic carbocycles. The summed E-state index contributed by atoms with van der Waals surface area (Å²) in [6, 6.07) is 0. The molecule has 0 amide bonds. The second kappa shape index (κ2) is 25.2. The molecule has 0 spiro atoms. The van der Waals surface area contributed by atoms with E-state index < -0.39 is 13.9 Å². The van der Waals surface area contributed by atoms with Crippen molar-refractivity contribution in [3.8, 4) is 0 Å². The van der Waals surface area contributed by atoms with Crippen molar-refractivity contribution in [3.63, 3.8) is 0 Å². The fourth-order valence-electron chi connectivity index (χ4n) is 4.11. The van der Waals surface area contributed by atoms with E-state index in [2.05, 4.69) is 6.92 Å². The fourth-order valence-corrected chi connectivity index (χ4v) is 4.84. The van der Waals surface area contributed by atoms with Gasteiger partial charge in [0.15, 0.2) is 0 Å². The third kappa shape index (κ3) is 28.8. The number of phosphoric ester groups is 1. The number of hydrogen-bond acceptors (Lipinski definition) is 7. The highest BCUT2D eigenvalue weighted by Gasteiger charge is 2.20. The second-order valence-electron chi connectivity index (χ2n) is 11.8. The van der Waals surface area contributed by atoms with Crippen LogP contribution in [0.15, 0.2) is 0 Å². The molecule has 234 valence electrons. The number of rotatable bonds is 29. The standard InChI is InChI=1S/C30H62NO7P/c1-6-8-10-11-12-13-14-15-16-17-18-19-20-21-22-25-35-27-29(38-30(32)23-9-7-2)28-37-39(33,34)36-26-24-31(3,4)5/h29H,6-28H2,1-5H3. The molecule has 0 N–H and O–H groups in total. The number of hydrogen-bond donors (Lipinski definition) is 0. The maximum atomic E-state index is 12.1. The molecule has 0 fully saturated rings. The molecule has 0 aliphatic heterocycles. The summed E-state index contributed by atoms with van der Waals surface area (Å²) in [5.74, 6) is -0.368. The molecule has 0 saturated carbocycles. The topological polar surface area (TPSA) is 94.1 Å². The van der Waals surface area contributed by atoms with E-state index in [1.807, 2.05) is 28.1 Å². The van der Waals surface area contributed by atoms with Crippen LogP contribution in [0, 0.1) is 0 Å². The van der Waals surface area contributed by atoms with Crippen LogP contribution < -0.4 is 4.89 Å². The Hall–Kier alpha value is -0.500. The predicted molar refractivity (Wildman–Crippen MR) is 158 cm³/mol. The zero-order chi connectivity index (χ0) is 29.2. The van der Waals surface area contributed by atoms with Gasteiger partial charge in [-0.2, -0.15) is 0 Å². The first-order chi connectivity index (χ1) is 18.6. The number of quaternary nitrogens is 1. The number of carbonyl (C=O) groups is 1. The van der Waals surface area contributed by atoms with Crippen molar-refractivity contribution in [1.29, 1.82) is 0 Å². The summed E-state index contributed by atoms with van der Waals surface area (Å²) in [6.07, 6.45) is 20.7. The van der Waals surface area contributed by atoms with Crippen LogP contribution in [0.5, 0.6) is 0 Å². The van der Waals surface area contributed by atoms with Crippen LogP contribution in [-0.4, -0.2) is 70.7 Å². The number of likely N-dealkylation sites (N-methyl/N-ethyl adjacent to an activating group) is 1. The third-order valence-electron chi connectivity index (χ3n) is 6.66. The summed E-state index contributed by atoms with van der Waals surface area (Å²) in [7, 11) is 1.36. The van der Waals surface area contributed by atoms with Crippen molar-refractivity contribution in [3.05, 3.63) is 0 Å². The molecule has 8 nitrogen and oxygen atoms in total. The lowest BCUT2D eigenvalue weighted by molar-refractivity contribution is -0.870. The molecule has 0 aliphatic carbocycles. The first-order valence-electron chi connectivity index (χ1n) is 15.8.